The van der Waals surface area contributed by atoms with Crippen molar-refractivity contribution in [2.75, 3.05) is 58.2 Å². The number of aromatic nitrogens is 3. The molecule has 3 amide bonds. The number of piperidine rings is 1. The number of likely N-dealkylation sites (N-methyl/N-ethyl adjacent to an activating group) is 1. The molecule has 5 heterocycles. The third-order valence-corrected chi connectivity index (χ3v) is 9.29. The summed E-state index contributed by atoms with van der Waals surface area (Å²) < 4.78 is 43.2. The number of benzene rings is 1. The third-order valence-electron chi connectivity index (χ3n) is 8.97. The van der Waals surface area contributed by atoms with Gasteiger partial charge in [0.15, 0.2) is 17.1 Å². The average molecular weight is 702 g/mol. The molecule has 3 aliphatic heterocycles. The van der Waals surface area contributed by atoms with Crippen LogP contribution in [0.5, 0.6) is 0 Å². The normalized spacial score (nSPS) is 21.5. The van der Waals surface area contributed by atoms with Crippen molar-refractivity contribution in [2.45, 2.75) is 37.2 Å². The first-order valence-electron chi connectivity index (χ1n) is 15.8. The molecule has 260 valence electrons. The quantitative estimate of drug-likeness (QED) is 0.341. The third kappa shape index (κ3) is 7.26. The minimum Gasteiger partial charge on any atom is -0.379 e. The molecule has 3 aromatic rings. The Labute approximate surface area is 284 Å². The largest absolute Gasteiger partial charge is 0.435 e. The Morgan fingerprint density at radius 3 is 2.55 bits per heavy atom. The molecule has 2 fully saturated rings. The van der Waals surface area contributed by atoms with Crippen LogP contribution in [0.25, 0.3) is 0 Å². The number of hydrogen-bond donors (Lipinski definition) is 3. The highest BCUT2D eigenvalue weighted by atomic mass is 35.5. The van der Waals surface area contributed by atoms with E-state index in [1.807, 2.05) is 0 Å². The van der Waals surface area contributed by atoms with Crippen LogP contribution in [0.3, 0.4) is 0 Å². The lowest BCUT2D eigenvalue weighted by Crippen LogP contribution is -2.60. The first-order valence-corrected chi connectivity index (χ1v) is 16.2. The van der Waals surface area contributed by atoms with E-state index in [2.05, 4.69) is 25.7 Å². The standard InChI is InChI=1S/C32H35ClF3N9O4/c1-42-25(23-18-45(41-26(23)32(34,35)36)17-20-4-2-8-37-15-20)16-39-27(42)28(46)40-21-5-6-22(24(33)14-21)29(47)43-10-12-44(13-11-43)30(48)31(49)7-3-9-38-19-31/h2,4-6,8,14-15,18,25,38,49H,3,7,9-13,16-17,19H2,1H3,(H,40,46). The van der Waals surface area contributed by atoms with E-state index >= 15 is 0 Å². The van der Waals surface area contributed by atoms with Gasteiger partial charge in [-0.25, -0.2) is 0 Å². The van der Waals surface area contributed by atoms with Crippen LogP contribution in [0.2, 0.25) is 5.02 Å². The summed E-state index contributed by atoms with van der Waals surface area (Å²) in [7, 11) is 1.49. The summed E-state index contributed by atoms with van der Waals surface area (Å²) in [6.45, 7) is 2.00. The number of carbonyl (C=O) groups excluding carboxylic acids is 3. The fourth-order valence-electron chi connectivity index (χ4n) is 6.36. The Morgan fingerprint density at radius 2 is 1.90 bits per heavy atom. The van der Waals surface area contributed by atoms with E-state index in [-0.39, 0.29) is 85.3 Å². The molecule has 2 atom stereocenters. The highest BCUT2D eigenvalue weighted by Crippen LogP contribution is 2.37. The molecule has 3 N–H and O–H groups in total. The number of anilines is 1. The molecule has 2 unspecified atom stereocenters. The number of amidine groups is 1. The minimum absolute atomic E-state index is 0.0736. The zero-order chi connectivity index (χ0) is 34.9. The topological polar surface area (TPSA) is 148 Å². The molecule has 2 aromatic heterocycles. The summed E-state index contributed by atoms with van der Waals surface area (Å²) >= 11 is 6.47. The monoisotopic (exact) mass is 701 g/mol. The highest BCUT2D eigenvalue weighted by molar-refractivity contribution is 6.42. The van der Waals surface area contributed by atoms with Crippen molar-refractivity contribution in [3.05, 3.63) is 76.3 Å². The van der Waals surface area contributed by atoms with E-state index in [9.17, 15) is 32.7 Å². The molecule has 0 saturated carbocycles. The van der Waals surface area contributed by atoms with Gasteiger partial charge < -0.3 is 30.4 Å². The number of nitrogens with zero attached hydrogens (tertiary/aromatic N) is 7. The van der Waals surface area contributed by atoms with Crippen molar-refractivity contribution in [3.63, 3.8) is 0 Å². The Morgan fingerprint density at radius 1 is 1.14 bits per heavy atom. The molecule has 13 nitrogen and oxygen atoms in total. The number of hydrogen-bond acceptors (Lipinski definition) is 9. The number of β-amino-alcohol motifs (C(OH)–C–C–N with tert-alkyl or cyclic N) is 1. The number of alkyl halides is 3. The minimum atomic E-state index is -4.72. The van der Waals surface area contributed by atoms with E-state index in [4.69, 9.17) is 11.6 Å². The highest BCUT2D eigenvalue weighted by Gasteiger charge is 2.43. The molecular weight excluding hydrogens is 667 g/mol. The Bertz CT molecular complexity index is 1750. The average Bonchev–Trinajstić information content (AvgIpc) is 3.68. The first kappa shape index (κ1) is 34.3. The number of nitrogens with one attached hydrogen (secondary N) is 2. The van der Waals surface area contributed by atoms with Gasteiger partial charge in [0.05, 0.1) is 29.7 Å². The summed E-state index contributed by atoms with van der Waals surface area (Å²) in [5, 5.41) is 20.4. The van der Waals surface area contributed by atoms with Gasteiger partial charge >= 0.3 is 6.18 Å². The zero-order valence-corrected chi connectivity index (χ0v) is 27.3. The van der Waals surface area contributed by atoms with Gasteiger partial charge in [0.1, 0.15) is 0 Å². The smallest absolute Gasteiger partial charge is 0.379 e. The number of aliphatic hydroxyl groups is 1. The maximum Gasteiger partial charge on any atom is 0.435 e. The summed E-state index contributed by atoms with van der Waals surface area (Å²) in [6, 6.07) is 6.92. The summed E-state index contributed by atoms with van der Waals surface area (Å²) in [5.74, 6) is -1.42. The van der Waals surface area contributed by atoms with Crippen molar-refractivity contribution in [3.8, 4) is 0 Å². The molecule has 0 aliphatic carbocycles. The number of aliphatic imine (C=N–C) groups is 1. The van der Waals surface area contributed by atoms with Crippen molar-refractivity contribution in [2.24, 2.45) is 4.99 Å². The lowest BCUT2D eigenvalue weighted by Gasteiger charge is -2.40. The zero-order valence-electron chi connectivity index (χ0n) is 26.6. The van der Waals surface area contributed by atoms with Gasteiger partial charge in [-0.15, -0.1) is 0 Å². The van der Waals surface area contributed by atoms with Crippen LogP contribution in [0.15, 0.2) is 53.9 Å². The molecule has 0 bridgehead atoms. The summed E-state index contributed by atoms with van der Waals surface area (Å²) in [5.41, 5.74) is -1.46. The molecule has 49 heavy (non-hydrogen) atoms. The number of amides is 3. The molecule has 1 aromatic carbocycles. The predicted molar refractivity (Wildman–Crippen MR) is 173 cm³/mol. The van der Waals surface area contributed by atoms with Crippen molar-refractivity contribution < 1.29 is 32.7 Å². The number of carbonyl (C=O) groups is 3. The second-order valence-corrected chi connectivity index (χ2v) is 12.7. The van der Waals surface area contributed by atoms with Gasteiger partial charge in [-0.05, 0) is 49.2 Å². The fourth-order valence-corrected chi connectivity index (χ4v) is 6.62. The van der Waals surface area contributed by atoms with E-state index in [1.54, 1.807) is 34.3 Å². The van der Waals surface area contributed by atoms with Gasteiger partial charge in [-0.1, -0.05) is 17.7 Å². The van der Waals surface area contributed by atoms with Gasteiger partial charge in [-0.2, -0.15) is 18.3 Å². The van der Waals surface area contributed by atoms with Gasteiger partial charge in [0.2, 0.25) is 0 Å². The van der Waals surface area contributed by atoms with Crippen molar-refractivity contribution in [1.29, 1.82) is 0 Å². The van der Waals surface area contributed by atoms with Crippen molar-refractivity contribution >= 4 is 40.8 Å². The molecule has 0 radical (unpaired) electrons. The van der Waals surface area contributed by atoms with Crippen LogP contribution in [0, 0.1) is 0 Å². The lowest BCUT2D eigenvalue weighted by molar-refractivity contribution is -0.154. The second-order valence-electron chi connectivity index (χ2n) is 12.3. The Kier molecular flexibility index (Phi) is 9.64. The number of piperazine rings is 1. The maximum atomic E-state index is 14.0. The molecule has 2 saturated heterocycles. The van der Waals surface area contributed by atoms with Crippen molar-refractivity contribution in [1.82, 2.24) is 34.8 Å². The van der Waals surface area contributed by atoms with Crippen LogP contribution < -0.4 is 10.6 Å². The van der Waals surface area contributed by atoms with E-state index in [1.165, 1.54) is 41.0 Å². The maximum absolute atomic E-state index is 14.0. The van der Waals surface area contributed by atoms with E-state index in [0.29, 0.717) is 18.4 Å². The molecule has 3 aliphatic rings. The summed E-state index contributed by atoms with van der Waals surface area (Å²) in [6.07, 6.45) is 0.790. The van der Waals surface area contributed by atoms with Crippen LogP contribution >= 0.6 is 11.6 Å². The lowest BCUT2D eigenvalue weighted by atomic mass is 9.92. The number of rotatable bonds is 7. The molecule has 0 spiro atoms. The number of pyridine rings is 1. The predicted octanol–water partition coefficient (Wildman–Crippen LogP) is 2.42. The Hall–Kier alpha value is -4.54. The van der Waals surface area contributed by atoms with Crippen LogP contribution in [-0.4, -0.2) is 117 Å². The number of halogens is 4. The molecule has 6 rings (SSSR count). The van der Waals surface area contributed by atoms with Crippen LogP contribution in [-0.2, 0) is 22.3 Å². The Balaban J connectivity index is 1.07. The van der Waals surface area contributed by atoms with Gasteiger partial charge in [-0.3, -0.25) is 29.0 Å². The van der Waals surface area contributed by atoms with Crippen LogP contribution in [0.1, 0.15) is 46.1 Å². The SMILES string of the molecule is CN1C(C(=O)Nc2ccc(C(=O)N3CCN(C(=O)C4(O)CCCNC4)CC3)c(Cl)c2)=NCC1c1cn(Cc2cccnc2)nc1C(F)(F)F. The first-order chi connectivity index (χ1) is 23.3. The second kappa shape index (κ2) is 13.8. The van der Waals surface area contributed by atoms with Gasteiger partial charge in [0, 0.05) is 69.6 Å². The fraction of sp³-hybridized carbons (Fsp3) is 0.438. The molecular formula is C32H35ClF3N9O4. The summed E-state index contributed by atoms with van der Waals surface area (Å²) in [4.78, 5) is 52.2. The molecule has 17 heteroatoms. The van der Waals surface area contributed by atoms with Gasteiger partial charge in [0.25, 0.3) is 17.7 Å². The van der Waals surface area contributed by atoms with E-state index < -0.39 is 29.4 Å². The van der Waals surface area contributed by atoms with Crippen LogP contribution in [0.4, 0.5) is 18.9 Å². The van der Waals surface area contributed by atoms with E-state index in [0.717, 1.165) is 6.54 Å².